The molecule has 1 unspecified atom stereocenters. The van der Waals surface area contributed by atoms with Gasteiger partial charge in [-0.15, -0.1) is 0 Å². The van der Waals surface area contributed by atoms with Gasteiger partial charge >= 0.3 is 6.03 Å². The van der Waals surface area contributed by atoms with Gasteiger partial charge in [0.25, 0.3) is 0 Å². The lowest BCUT2D eigenvalue weighted by molar-refractivity contribution is 0.184. The fraction of sp³-hybridized carbons (Fsp3) is 0.368. The Kier molecular flexibility index (Phi) is 4.60. The largest absolute Gasteiger partial charge is 0.331 e. The predicted molar refractivity (Wildman–Crippen MR) is 90.9 cm³/mol. The van der Waals surface area contributed by atoms with Gasteiger partial charge in [0, 0.05) is 25.5 Å². The van der Waals surface area contributed by atoms with Crippen molar-refractivity contribution in [2.45, 2.75) is 32.9 Å². The highest BCUT2D eigenvalue weighted by atomic mass is 16.2. The van der Waals surface area contributed by atoms with Gasteiger partial charge < -0.3 is 10.2 Å². The van der Waals surface area contributed by atoms with Crippen LogP contribution in [0.2, 0.25) is 0 Å². The number of nitrogens with zero attached hydrogens (tertiary/aromatic N) is 2. The van der Waals surface area contributed by atoms with Crippen LogP contribution in [-0.2, 0) is 13.0 Å². The Hall–Kier alpha value is -2.36. The van der Waals surface area contributed by atoms with Crippen LogP contribution >= 0.6 is 0 Å². The zero-order valence-electron chi connectivity index (χ0n) is 13.7. The summed E-state index contributed by atoms with van der Waals surface area (Å²) >= 11 is 0. The molecule has 2 amide bonds. The van der Waals surface area contributed by atoms with E-state index in [0.717, 1.165) is 18.5 Å². The van der Waals surface area contributed by atoms with Crippen LogP contribution in [0.3, 0.4) is 0 Å². The number of urea groups is 1. The van der Waals surface area contributed by atoms with Gasteiger partial charge in [-0.25, -0.2) is 4.79 Å². The zero-order chi connectivity index (χ0) is 16.2. The second-order valence-electron chi connectivity index (χ2n) is 6.40. The van der Waals surface area contributed by atoms with Gasteiger partial charge in [-0.3, -0.25) is 4.98 Å². The van der Waals surface area contributed by atoms with Gasteiger partial charge in [-0.05, 0) is 35.1 Å². The molecule has 1 aliphatic heterocycles. The van der Waals surface area contributed by atoms with Crippen LogP contribution in [0.5, 0.6) is 0 Å². The number of hydrogen-bond acceptors (Lipinski definition) is 2. The van der Waals surface area contributed by atoms with Crippen molar-refractivity contribution < 1.29 is 4.79 Å². The first-order valence-electron chi connectivity index (χ1n) is 8.17. The Balaban J connectivity index is 1.71. The molecule has 0 radical (unpaired) electrons. The highest BCUT2D eigenvalue weighted by molar-refractivity contribution is 5.75. The number of carbonyl (C=O) groups is 1. The maximum absolute atomic E-state index is 12.7. The predicted octanol–water partition coefficient (Wildman–Crippen LogP) is 3.55. The number of benzene rings is 1. The van der Waals surface area contributed by atoms with Gasteiger partial charge in [0.1, 0.15) is 0 Å². The van der Waals surface area contributed by atoms with Crippen molar-refractivity contribution >= 4 is 6.03 Å². The smallest absolute Gasteiger partial charge is 0.318 e. The lowest BCUT2D eigenvalue weighted by atomic mass is 9.97. The van der Waals surface area contributed by atoms with Gasteiger partial charge in [0.15, 0.2) is 0 Å². The van der Waals surface area contributed by atoms with Gasteiger partial charge in [-0.1, -0.05) is 44.2 Å². The van der Waals surface area contributed by atoms with Gasteiger partial charge in [0.2, 0.25) is 0 Å². The highest BCUT2D eigenvalue weighted by Crippen LogP contribution is 2.23. The summed E-state index contributed by atoms with van der Waals surface area (Å²) in [7, 11) is 0. The van der Waals surface area contributed by atoms with Crippen molar-refractivity contribution in [2.75, 3.05) is 6.54 Å². The van der Waals surface area contributed by atoms with Crippen LogP contribution in [0, 0.1) is 5.92 Å². The third-order valence-corrected chi connectivity index (χ3v) is 4.41. The molecule has 0 saturated carbocycles. The van der Waals surface area contributed by atoms with Crippen LogP contribution in [0.4, 0.5) is 4.79 Å². The summed E-state index contributed by atoms with van der Waals surface area (Å²) in [6, 6.07) is 12.3. The SMILES string of the molecule is CC(C)C(NC(=O)N1CCc2ccccc2C1)c1cccnc1. The van der Waals surface area contributed by atoms with E-state index < -0.39 is 0 Å². The first-order valence-corrected chi connectivity index (χ1v) is 8.17. The van der Waals surface area contributed by atoms with Crippen molar-refractivity contribution in [3.63, 3.8) is 0 Å². The quantitative estimate of drug-likeness (QED) is 0.942. The third kappa shape index (κ3) is 3.52. The summed E-state index contributed by atoms with van der Waals surface area (Å²) in [5, 5.41) is 3.18. The number of hydrogen-bond donors (Lipinski definition) is 1. The minimum Gasteiger partial charge on any atom is -0.331 e. The van der Waals surface area contributed by atoms with Gasteiger partial charge in [-0.2, -0.15) is 0 Å². The number of fused-ring (bicyclic) bond motifs is 1. The monoisotopic (exact) mass is 309 g/mol. The Bertz CT molecular complexity index is 669. The standard InChI is InChI=1S/C19H23N3O/c1-14(2)18(16-8-5-10-20-12-16)21-19(23)22-11-9-15-6-3-4-7-17(15)13-22/h3-8,10,12,14,18H,9,11,13H2,1-2H3,(H,21,23). The fourth-order valence-corrected chi connectivity index (χ4v) is 3.09. The van der Waals surface area contributed by atoms with Crippen molar-refractivity contribution in [3.8, 4) is 0 Å². The molecular formula is C19H23N3O. The van der Waals surface area contributed by atoms with Crippen molar-refractivity contribution in [1.29, 1.82) is 0 Å². The number of rotatable bonds is 3. The number of carbonyl (C=O) groups excluding carboxylic acids is 1. The minimum absolute atomic E-state index is 0.00190. The second-order valence-corrected chi connectivity index (χ2v) is 6.40. The van der Waals surface area contributed by atoms with Crippen LogP contribution in [0.25, 0.3) is 0 Å². The first kappa shape index (κ1) is 15.5. The molecule has 0 spiro atoms. The molecule has 0 fully saturated rings. The zero-order valence-corrected chi connectivity index (χ0v) is 13.7. The molecule has 1 aliphatic rings. The third-order valence-electron chi connectivity index (χ3n) is 4.41. The average molecular weight is 309 g/mol. The summed E-state index contributed by atoms with van der Waals surface area (Å²) < 4.78 is 0. The summed E-state index contributed by atoms with van der Waals surface area (Å²) in [6.45, 7) is 5.67. The summed E-state index contributed by atoms with van der Waals surface area (Å²) in [5.74, 6) is 0.306. The molecule has 3 rings (SSSR count). The molecule has 120 valence electrons. The normalized spacial score (nSPS) is 15.2. The van der Waals surface area contributed by atoms with Crippen molar-refractivity contribution in [2.24, 2.45) is 5.92 Å². The van der Waals surface area contributed by atoms with E-state index in [1.54, 1.807) is 6.20 Å². The molecule has 23 heavy (non-hydrogen) atoms. The topological polar surface area (TPSA) is 45.2 Å². The maximum atomic E-state index is 12.7. The molecule has 2 heterocycles. The maximum Gasteiger partial charge on any atom is 0.318 e. The van der Waals surface area contributed by atoms with Gasteiger partial charge in [0.05, 0.1) is 6.04 Å². The number of pyridine rings is 1. The lowest BCUT2D eigenvalue weighted by Gasteiger charge is -2.32. The molecule has 1 aromatic heterocycles. The van der Waals surface area contributed by atoms with Crippen molar-refractivity contribution in [3.05, 3.63) is 65.5 Å². The van der Waals surface area contributed by atoms with Crippen LogP contribution in [-0.4, -0.2) is 22.5 Å². The molecule has 4 heteroatoms. The molecule has 1 atom stereocenters. The Morgan fingerprint density at radius 1 is 1.17 bits per heavy atom. The molecule has 4 nitrogen and oxygen atoms in total. The summed E-state index contributed by atoms with van der Waals surface area (Å²) in [4.78, 5) is 18.8. The van der Waals surface area contributed by atoms with Crippen molar-refractivity contribution in [1.82, 2.24) is 15.2 Å². The molecule has 0 saturated heterocycles. The van der Waals surface area contributed by atoms with E-state index in [-0.39, 0.29) is 12.1 Å². The molecule has 1 aromatic carbocycles. The van der Waals surface area contributed by atoms with Crippen LogP contribution in [0.1, 0.15) is 36.6 Å². The van der Waals surface area contributed by atoms with E-state index in [9.17, 15) is 4.79 Å². The Labute approximate surface area is 137 Å². The van der Waals surface area contributed by atoms with E-state index >= 15 is 0 Å². The Morgan fingerprint density at radius 3 is 2.65 bits per heavy atom. The number of nitrogens with one attached hydrogen (secondary N) is 1. The van der Waals surface area contributed by atoms with E-state index in [4.69, 9.17) is 0 Å². The highest BCUT2D eigenvalue weighted by Gasteiger charge is 2.24. The minimum atomic E-state index is -0.0200. The molecule has 2 aromatic rings. The lowest BCUT2D eigenvalue weighted by Crippen LogP contribution is -2.45. The summed E-state index contributed by atoms with van der Waals surface area (Å²) in [5.41, 5.74) is 3.65. The average Bonchev–Trinajstić information content (AvgIpc) is 2.59. The Morgan fingerprint density at radius 2 is 1.96 bits per heavy atom. The van der Waals surface area contributed by atoms with Crippen LogP contribution < -0.4 is 5.32 Å². The van der Waals surface area contributed by atoms with E-state index in [1.807, 2.05) is 29.3 Å². The first-order chi connectivity index (χ1) is 11.1. The number of amides is 2. The number of aromatic nitrogens is 1. The van der Waals surface area contributed by atoms with E-state index in [2.05, 4.69) is 42.3 Å². The molecular weight excluding hydrogens is 286 g/mol. The fourth-order valence-electron chi connectivity index (χ4n) is 3.09. The van der Waals surface area contributed by atoms with Crippen LogP contribution in [0.15, 0.2) is 48.8 Å². The molecule has 1 N–H and O–H groups in total. The van der Waals surface area contributed by atoms with E-state index in [0.29, 0.717) is 12.5 Å². The second kappa shape index (κ2) is 6.82. The molecule has 0 bridgehead atoms. The van der Waals surface area contributed by atoms with E-state index in [1.165, 1.54) is 11.1 Å². The molecule has 0 aliphatic carbocycles. The summed E-state index contributed by atoms with van der Waals surface area (Å²) in [6.07, 6.45) is 4.50.